The normalized spacial score (nSPS) is 12.8. The number of benzene rings is 2. The monoisotopic (exact) mass is 407 g/mol. The van der Waals surface area contributed by atoms with Gasteiger partial charge in [-0.2, -0.15) is 0 Å². The Labute approximate surface area is 172 Å². The van der Waals surface area contributed by atoms with E-state index in [0.717, 1.165) is 16.1 Å². The Balaban J connectivity index is 1.59. The number of fused-ring (bicyclic) bond motifs is 2. The summed E-state index contributed by atoms with van der Waals surface area (Å²) < 4.78 is 13.3. The van der Waals surface area contributed by atoms with Crippen LogP contribution in [0.2, 0.25) is 0 Å². The molecule has 0 radical (unpaired) electrons. The van der Waals surface area contributed by atoms with Gasteiger partial charge in [0.25, 0.3) is 11.8 Å². The lowest BCUT2D eigenvalue weighted by Crippen LogP contribution is -2.30. The van der Waals surface area contributed by atoms with Crippen LogP contribution >= 0.6 is 11.8 Å². The molecule has 0 fully saturated rings. The summed E-state index contributed by atoms with van der Waals surface area (Å²) in [5, 5.41) is 3.47. The van der Waals surface area contributed by atoms with Crippen molar-refractivity contribution in [1.29, 1.82) is 0 Å². The summed E-state index contributed by atoms with van der Waals surface area (Å²) in [6.07, 6.45) is 1.67. The van der Waals surface area contributed by atoms with Crippen molar-refractivity contribution < 1.29 is 14.0 Å². The lowest BCUT2D eigenvalue weighted by Gasteiger charge is -2.21. The number of anilines is 1. The lowest BCUT2D eigenvalue weighted by atomic mass is 10.1. The largest absolute Gasteiger partial charge is 0.348 e. The van der Waals surface area contributed by atoms with Crippen LogP contribution in [0.4, 0.5) is 10.1 Å². The first-order chi connectivity index (χ1) is 14.1. The number of halogens is 1. The zero-order chi connectivity index (χ0) is 20.4. The Morgan fingerprint density at radius 2 is 2.03 bits per heavy atom. The molecular formula is C22H18FN3O2S. The average Bonchev–Trinajstić information content (AvgIpc) is 2.85. The van der Waals surface area contributed by atoms with E-state index in [-0.39, 0.29) is 17.4 Å². The van der Waals surface area contributed by atoms with Crippen molar-refractivity contribution >= 4 is 29.3 Å². The summed E-state index contributed by atoms with van der Waals surface area (Å²) in [7, 11) is 0. The Morgan fingerprint density at radius 3 is 2.83 bits per heavy atom. The second kappa shape index (κ2) is 8.05. The van der Waals surface area contributed by atoms with E-state index in [4.69, 9.17) is 0 Å². The molecule has 5 nitrogen and oxygen atoms in total. The van der Waals surface area contributed by atoms with Crippen LogP contribution in [-0.4, -0.2) is 23.3 Å². The van der Waals surface area contributed by atoms with E-state index in [2.05, 4.69) is 10.3 Å². The minimum Gasteiger partial charge on any atom is -0.348 e. The van der Waals surface area contributed by atoms with Crippen LogP contribution in [-0.2, 0) is 6.54 Å². The van der Waals surface area contributed by atoms with E-state index in [9.17, 15) is 14.0 Å². The molecule has 1 aromatic heterocycles. The molecule has 1 aliphatic heterocycles. The zero-order valence-corrected chi connectivity index (χ0v) is 16.5. The van der Waals surface area contributed by atoms with E-state index in [1.807, 2.05) is 25.1 Å². The molecule has 0 bridgehead atoms. The average molecular weight is 407 g/mol. The van der Waals surface area contributed by atoms with Gasteiger partial charge in [-0.25, -0.2) is 9.37 Å². The van der Waals surface area contributed by atoms with Crippen LogP contribution < -0.4 is 10.2 Å². The molecule has 0 saturated carbocycles. The van der Waals surface area contributed by atoms with Gasteiger partial charge < -0.3 is 10.2 Å². The molecule has 0 saturated heterocycles. The third-order valence-corrected chi connectivity index (χ3v) is 5.69. The second-order valence-electron chi connectivity index (χ2n) is 6.50. The number of carbonyl (C=O) groups is 2. The van der Waals surface area contributed by atoms with Crippen molar-refractivity contribution in [2.75, 3.05) is 11.4 Å². The molecule has 29 heavy (non-hydrogen) atoms. The maximum atomic E-state index is 13.3. The van der Waals surface area contributed by atoms with E-state index >= 15 is 0 Å². The molecule has 1 N–H and O–H groups in total. The van der Waals surface area contributed by atoms with E-state index in [1.165, 1.54) is 30.0 Å². The van der Waals surface area contributed by atoms with Crippen LogP contribution in [0.3, 0.4) is 0 Å². The van der Waals surface area contributed by atoms with Gasteiger partial charge >= 0.3 is 0 Å². The summed E-state index contributed by atoms with van der Waals surface area (Å²) in [6, 6.07) is 14.8. The van der Waals surface area contributed by atoms with E-state index in [0.29, 0.717) is 23.7 Å². The SMILES string of the molecule is CCN1C(=O)c2cccnc2Sc2cc(CNC(=O)c3cccc(F)c3)ccc21. The summed E-state index contributed by atoms with van der Waals surface area (Å²) in [5.41, 5.74) is 2.55. The van der Waals surface area contributed by atoms with Crippen LogP contribution in [0.25, 0.3) is 0 Å². The minimum atomic E-state index is -0.449. The molecule has 2 amide bonds. The van der Waals surface area contributed by atoms with Gasteiger partial charge in [-0.1, -0.05) is 23.9 Å². The number of carbonyl (C=O) groups excluding carboxylic acids is 2. The molecular weight excluding hydrogens is 389 g/mol. The molecule has 0 aliphatic carbocycles. The summed E-state index contributed by atoms with van der Waals surface area (Å²) in [5.74, 6) is -0.868. The van der Waals surface area contributed by atoms with Gasteiger partial charge in [0.1, 0.15) is 10.8 Å². The maximum absolute atomic E-state index is 13.3. The number of amides is 2. The van der Waals surface area contributed by atoms with Gasteiger partial charge in [-0.3, -0.25) is 9.59 Å². The number of pyridine rings is 1. The molecule has 3 aromatic rings. The Bertz CT molecular complexity index is 1100. The quantitative estimate of drug-likeness (QED) is 0.701. The van der Waals surface area contributed by atoms with Crippen molar-refractivity contribution in [3.05, 3.63) is 83.3 Å². The second-order valence-corrected chi connectivity index (χ2v) is 7.53. The Hall–Kier alpha value is -3.19. The number of nitrogens with zero attached hydrogens (tertiary/aromatic N) is 2. The highest BCUT2D eigenvalue weighted by Gasteiger charge is 2.27. The number of rotatable bonds is 4. The predicted octanol–water partition coefficient (Wildman–Crippen LogP) is 4.28. The topological polar surface area (TPSA) is 62.3 Å². The standard InChI is InChI=1S/C22H18FN3O2S/c1-2-26-18-9-8-14(13-25-20(27)15-5-3-6-16(23)12-15)11-19(18)29-21-17(22(26)28)7-4-10-24-21/h3-12H,2,13H2,1H3,(H,25,27). The van der Waals surface area contributed by atoms with Crippen LogP contribution in [0.5, 0.6) is 0 Å². The van der Waals surface area contributed by atoms with Crippen LogP contribution in [0, 0.1) is 5.82 Å². The fourth-order valence-corrected chi connectivity index (χ4v) is 4.28. The third kappa shape index (κ3) is 3.86. The molecule has 146 valence electrons. The summed E-state index contributed by atoms with van der Waals surface area (Å²) >= 11 is 1.44. The van der Waals surface area contributed by atoms with Gasteiger partial charge in [0.15, 0.2) is 0 Å². The van der Waals surface area contributed by atoms with Gasteiger partial charge in [0.2, 0.25) is 0 Å². The van der Waals surface area contributed by atoms with Gasteiger partial charge in [-0.05, 0) is 55.0 Å². The molecule has 4 rings (SSSR count). The lowest BCUT2D eigenvalue weighted by molar-refractivity contribution is 0.0949. The van der Waals surface area contributed by atoms with Crippen molar-refractivity contribution in [2.24, 2.45) is 0 Å². The van der Waals surface area contributed by atoms with Crippen molar-refractivity contribution in [2.45, 2.75) is 23.4 Å². The number of hydrogen-bond acceptors (Lipinski definition) is 4. The van der Waals surface area contributed by atoms with Crippen molar-refractivity contribution in [1.82, 2.24) is 10.3 Å². The molecule has 0 unspecified atom stereocenters. The molecule has 0 atom stereocenters. The molecule has 1 aliphatic rings. The first-order valence-electron chi connectivity index (χ1n) is 9.18. The first-order valence-corrected chi connectivity index (χ1v) is 10.00. The maximum Gasteiger partial charge on any atom is 0.261 e. The number of nitrogens with one attached hydrogen (secondary N) is 1. The van der Waals surface area contributed by atoms with E-state index < -0.39 is 5.82 Å². The summed E-state index contributed by atoms with van der Waals surface area (Å²) in [4.78, 5) is 32.2. The Kier molecular flexibility index (Phi) is 5.31. The Morgan fingerprint density at radius 1 is 1.17 bits per heavy atom. The predicted molar refractivity (Wildman–Crippen MR) is 110 cm³/mol. The van der Waals surface area contributed by atoms with Crippen molar-refractivity contribution in [3.63, 3.8) is 0 Å². The highest BCUT2D eigenvalue weighted by molar-refractivity contribution is 7.99. The van der Waals surface area contributed by atoms with E-state index in [1.54, 1.807) is 29.3 Å². The highest BCUT2D eigenvalue weighted by Crippen LogP contribution is 2.40. The van der Waals surface area contributed by atoms with Crippen LogP contribution in [0.15, 0.2) is 70.7 Å². The van der Waals surface area contributed by atoms with Gasteiger partial charge in [0.05, 0.1) is 11.3 Å². The molecule has 7 heteroatoms. The number of hydrogen-bond donors (Lipinski definition) is 1. The fourth-order valence-electron chi connectivity index (χ4n) is 3.20. The third-order valence-electron chi connectivity index (χ3n) is 4.62. The molecule has 0 spiro atoms. The molecule has 2 heterocycles. The number of aromatic nitrogens is 1. The fraction of sp³-hybridized carbons (Fsp3) is 0.136. The zero-order valence-electron chi connectivity index (χ0n) is 15.7. The van der Waals surface area contributed by atoms with Gasteiger partial charge in [-0.15, -0.1) is 0 Å². The first kappa shape index (κ1) is 19.1. The summed E-state index contributed by atoms with van der Waals surface area (Å²) in [6.45, 7) is 2.76. The highest BCUT2D eigenvalue weighted by atomic mass is 32.2. The van der Waals surface area contributed by atoms with Gasteiger partial charge in [0, 0.05) is 29.7 Å². The minimum absolute atomic E-state index is 0.0750. The van der Waals surface area contributed by atoms with Crippen molar-refractivity contribution in [3.8, 4) is 0 Å². The molecule has 2 aromatic carbocycles. The smallest absolute Gasteiger partial charge is 0.261 e. The van der Waals surface area contributed by atoms with Crippen LogP contribution in [0.1, 0.15) is 33.2 Å².